The Morgan fingerprint density at radius 3 is 3.05 bits per heavy atom. The number of H-pyrrole nitrogens is 1. The van der Waals surface area contributed by atoms with Crippen molar-refractivity contribution in [3.63, 3.8) is 0 Å². The summed E-state index contributed by atoms with van der Waals surface area (Å²) in [7, 11) is 0. The van der Waals surface area contributed by atoms with E-state index in [-0.39, 0.29) is 5.78 Å². The smallest absolute Gasteiger partial charge is 0.169 e. The number of rotatable bonds is 6. The van der Waals surface area contributed by atoms with E-state index >= 15 is 0 Å². The van der Waals surface area contributed by atoms with E-state index in [0.29, 0.717) is 18.4 Å². The summed E-state index contributed by atoms with van der Waals surface area (Å²) in [6, 6.07) is 7.65. The Morgan fingerprint density at radius 2 is 2.32 bits per heavy atom. The largest absolute Gasteiger partial charge is 0.361 e. The van der Waals surface area contributed by atoms with Gasteiger partial charge in [0.15, 0.2) is 5.78 Å². The number of carbonyl (C=O) groups excluding carboxylic acids is 1. The van der Waals surface area contributed by atoms with Crippen LogP contribution in [-0.4, -0.2) is 22.0 Å². The average Bonchev–Trinajstić information content (AvgIpc) is 3.16. The highest BCUT2D eigenvalue weighted by Crippen LogP contribution is 2.31. The third-order valence-corrected chi connectivity index (χ3v) is 4.61. The fourth-order valence-electron chi connectivity index (χ4n) is 2.74. The SMILES string of the molecule is CC(CC=N)(Cc1cscn1)C(=O)c1ccc2[nH]ccc2c1. The monoisotopic (exact) mass is 311 g/mol. The molecular weight excluding hydrogens is 294 g/mol. The van der Waals surface area contributed by atoms with Crippen LogP contribution in [0.1, 0.15) is 29.4 Å². The van der Waals surface area contributed by atoms with Crippen LogP contribution in [0.25, 0.3) is 10.9 Å². The van der Waals surface area contributed by atoms with Gasteiger partial charge in [0, 0.05) is 39.9 Å². The molecule has 0 amide bonds. The Labute approximate surface area is 132 Å². The van der Waals surface area contributed by atoms with E-state index in [1.54, 1.807) is 5.51 Å². The van der Waals surface area contributed by atoms with Crippen LogP contribution < -0.4 is 0 Å². The molecule has 0 saturated heterocycles. The van der Waals surface area contributed by atoms with Gasteiger partial charge in [-0.15, -0.1) is 11.3 Å². The molecule has 1 aromatic carbocycles. The van der Waals surface area contributed by atoms with Crippen LogP contribution in [0.15, 0.2) is 41.4 Å². The number of hydrogen-bond donors (Lipinski definition) is 2. The number of aromatic nitrogens is 2. The van der Waals surface area contributed by atoms with Crippen LogP contribution in [-0.2, 0) is 6.42 Å². The van der Waals surface area contributed by atoms with E-state index in [2.05, 4.69) is 9.97 Å². The number of nitrogens with zero attached hydrogens (tertiary/aromatic N) is 1. The third kappa shape index (κ3) is 2.72. The van der Waals surface area contributed by atoms with Crippen molar-refractivity contribution in [2.24, 2.45) is 5.41 Å². The molecule has 0 aliphatic carbocycles. The number of benzene rings is 1. The summed E-state index contributed by atoms with van der Waals surface area (Å²) >= 11 is 1.53. The van der Waals surface area contributed by atoms with Crippen molar-refractivity contribution < 1.29 is 4.79 Å². The van der Waals surface area contributed by atoms with Gasteiger partial charge in [-0.1, -0.05) is 6.92 Å². The van der Waals surface area contributed by atoms with Gasteiger partial charge in [0.2, 0.25) is 0 Å². The van der Waals surface area contributed by atoms with Crippen molar-refractivity contribution in [3.8, 4) is 0 Å². The predicted molar refractivity (Wildman–Crippen MR) is 90.0 cm³/mol. The molecule has 0 fully saturated rings. The first-order valence-electron chi connectivity index (χ1n) is 7.10. The first kappa shape index (κ1) is 14.7. The molecular formula is C17H17N3OS. The molecule has 4 nitrogen and oxygen atoms in total. The van der Waals surface area contributed by atoms with Crippen molar-refractivity contribution in [2.45, 2.75) is 19.8 Å². The summed E-state index contributed by atoms with van der Waals surface area (Å²) in [5.74, 6) is 0.0621. The minimum Gasteiger partial charge on any atom is -0.361 e. The van der Waals surface area contributed by atoms with Crippen LogP contribution >= 0.6 is 11.3 Å². The molecule has 0 aliphatic rings. The summed E-state index contributed by atoms with van der Waals surface area (Å²) in [4.78, 5) is 20.4. The lowest BCUT2D eigenvalue weighted by molar-refractivity contribution is 0.0823. The van der Waals surface area contributed by atoms with E-state index in [9.17, 15) is 4.79 Å². The van der Waals surface area contributed by atoms with Crippen LogP contribution in [0.2, 0.25) is 0 Å². The maximum atomic E-state index is 13.0. The summed E-state index contributed by atoms with van der Waals surface area (Å²) in [5, 5.41) is 10.4. The number of aromatic amines is 1. The lowest BCUT2D eigenvalue weighted by Gasteiger charge is -2.26. The van der Waals surface area contributed by atoms with Gasteiger partial charge in [-0.2, -0.15) is 0 Å². The number of Topliss-reactive ketones (excluding diaryl/α,β-unsaturated/α-hetero) is 1. The highest BCUT2D eigenvalue weighted by atomic mass is 32.1. The van der Waals surface area contributed by atoms with Crippen molar-refractivity contribution >= 4 is 34.2 Å². The summed E-state index contributed by atoms with van der Waals surface area (Å²) < 4.78 is 0. The average molecular weight is 311 g/mol. The topological polar surface area (TPSA) is 69.6 Å². The number of carbonyl (C=O) groups is 1. The van der Waals surface area contributed by atoms with Gasteiger partial charge in [-0.3, -0.25) is 4.79 Å². The third-order valence-electron chi connectivity index (χ3n) is 3.97. The van der Waals surface area contributed by atoms with Crippen molar-refractivity contribution in [1.29, 1.82) is 5.41 Å². The number of thiazole rings is 1. The van der Waals surface area contributed by atoms with Gasteiger partial charge in [0.05, 0.1) is 11.2 Å². The lowest BCUT2D eigenvalue weighted by atomic mass is 9.76. The molecule has 0 bridgehead atoms. The van der Waals surface area contributed by atoms with Gasteiger partial charge in [-0.05, 0) is 36.9 Å². The normalized spacial score (nSPS) is 13.9. The van der Waals surface area contributed by atoms with E-state index < -0.39 is 5.41 Å². The van der Waals surface area contributed by atoms with Crippen LogP contribution in [0, 0.1) is 10.8 Å². The van der Waals surface area contributed by atoms with Crippen LogP contribution in [0.5, 0.6) is 0 Å². The molecule has 0 saturated carbocycles. The predicted octanol–water partition coefficient (Wildman–Crippen LogP) is 4.10. The number of hydrogen-bond acceptors (Lipinski definition) is 4. The van der Waals surface area contributed by atoms with Gasteiger partial charge < -0.3 is 10.4 Å². The number of ketones is 1. The molecule has 22 heavy (non-hydrogen) atoms. The second-order valence-corrected chi connectivity index (χ2v) is 6.45. The van der Waals surface area contributed by atoms with E-state index in [1.165, 1.54) is 17.6 Å². The molecule has 1 atom stereocenters. The van der Waals surface area contributed by atoms with Gasteiger partial charge in [-0.25, -0.2) is 4.98 Å². The minimum absolute atomic E-state index is 0.0621. The standard InChI is InChI=1S/C17H17N3OS/c1-17(5-6-18,9-14-10-22-11-20-14)16(21)13-2-3-15-12(8-13)4-7-19-15/h2-4,6-8,10-11,18-19H,5,9H2,1H3. The molecule has 2 N–H and O–H groups in total. The summed E-state index contributed by atoms with van der Waals surface area (Å²) in [5.41, 5.74) is 3.75. The second kappa shape index (κ2) is 5.85. The lowest BCUT2D eigenvalue weighted by Crippen LogP contribution is -2.31. The summed E-state index contributed by atoms with van der Waals surface area (Å²) in [6.45, 7) is 1.92. The molecule has 3 rings (SSSR count). The van der Waals surface area contributed by atoms with E-state index in [0.717, 1.165) is 16.6 Å². The molecule has 0 radical (unpaired) electrons. The van der Waals surface area contributed by atoms with E-state index in [4.69, 9.17) is 5.41 Å². The number of nitrogens with one attached hydrogen (secondary N) is 2. The number of fused-ring (bicyclic) bond motifs is 1. The quantitative estimate of drug-likeness (QED) is 0.531. The zero-order valence-corrected chi connectivity index (χ0v) is 13.1. The van der Waals surface area contributed by atoms with E-state index in [1.807, 2.05) is 42.8 Å². The Hall–Kier alpha value is -2.27. The fraction of sp³-hybridized carbons (Fsp3) is 0.235. The Balaban J connectivity index is 1.95. The van der Waals surface area contributed by atoms with Gasteiger partial charge in [0.1, 0.15) is 0 Å². The van der Waals surface area contributed by atoms with Crippen LogP contribution in [0.4, 0.5) is 0 Å². The second-order valence-electron chi connectivity index (χ2n) is 5.73. The molecule has 5 heteroatoms. The van der Waals surface area contributed by atoms with Gasteiger partial charge in [0.25, 0.3) is 0 Å². The van der Waals surface area contributed by atoms with Crippen molar-refractivity contribution in [3.05, 3.63) is 52.6 Å². The van der Waals surface area contributed by atoms with Crippen molar-refractivity contribution in [1.82, 2.24) is 9.97 Å². The molecule has 0 spiro atoms. The molecule has 112 valence electrons. The molecule has 2 heterocycles. The summed E-state index contributed by atoms with van der Waals surface area (Å²) in [6.07, 6.45) is 4.15. The van der Waals surface area contributed by atoms with Gasteiger partial charge >= 0.3 is 0 Å². The maximum Gasteiger partial charge on any atom is 0.169 e. The molecule has 1 unspecified atom stereocenters. The maximum absolute atomic E-state index is 13.0. The highest BCUT2D eigenvalue weighted by molar-refractivity contribution is 7.07. The molecule has 3 aromatic rings. The molecule has 0 aliphatic heterocycles. The zero-order valence-electron chi connectivity index (χ0n) is 12.3. The van der Waals surface area contributed by atoms with Crippen molar-refractivity contribution in [2.75, 3.05) is 0 Å². The zero-order chi connectivity index (χ0) is 15.6. The minimum atomic E-state index is -0.639. The highest BCUT2D eigenvalue weighted by Gasteiger charge is 2.34. The fourth-order valence-corrected chi connectivity index (χ4v) is 3.30. The Kier molecular flexibility index (Phi) is 3.90. The molecule has 2 aromatic heterocycles. The first-order chi connectivity index (χ1) is 10.6. The Bertz CT molecular complexity index is 806. The Morgan fingerprint density at radius 1 is 1.45 bits per heavy atom. The van der Waals surface area contributed by atoms with Crippen LogP contribution in [0.3, 0.4) is 0 Å². The first-order valence-corrected chi connectivity index (χ1v) is 8.05.